The van der Waals surface area contributed by atoms with Crippen LogP contribution in [0.3, 0.4) is 0 Å². The van der Waals surface area contributed by atoms with Gasteiger partial charge in [-0.15, -0.1) is 0 Å². The van der Waals surface area contributed by atoms with Crippen LogP contribution >= 0.6 is 0 Å². The van der Waals surface area contributed by atoms with E-state index in [1.807, 2.05) is 11.6 Å². The number of hydrogen-bond acceptors (Lipinski definition) is 1. The molecule has 0 radical (unpaired) electrons. The van der Waals surface area contributed by atoms with E-state index in [-0.39, 0.29) is 24.0 Å². The summed E-state index contributed by atoms with van der Waals surface area (Å²) in [5, 5.41) is 0. The average Bonchev–Trinajstić information content (AvgIpc) is 2.47. The number of halogens is 1. The molecule has 3 rings (SSSR count). The molecule has 2 aromatic rings. The van der Waals surface area contributed by atoms with Gasteiger partial charge in [0, 0.05) is 31.4 Å². The first kappa shape index (κ1) is 16.0. The van der Waals surface area contributed by atoms with E-state index in [0.29, 0.717) is 0 Å². The Morgan fingerprint density at radius 1 is 1.05 bits per heavy atom. The molecule has 0 amide bonds. The van der Waals surface area contributed by atoms with Crippen LogP contribution < -0.4 is 33.4 Å². The summed E-state index contributed by atoms with van der Waals surface area (Å²) in [4.78, 5) is 2.35. The Kier molecular flexibility index (Phi) is 5.39. The molecule has 0 saturated heterocycles. The van der Waals surface area contributed by atoms with Crippen molar-refractivity contribution in [3.8, 4) is 0 Å². The predicted octanol–water partition coefficient (Wildman–Crippen LogP) is 0.0679. The van der Waals surface area contributed by atoms with E-state index >= 15 is 0 Å². The Balaban J connectivity index is 0.00000161. The Labute approximate surface area is 144 Å². The molecule has 1 aliphatic heterocycles. The second-order valence-electron chi connectivity index (χ2n) is 5.54. The number of fused-ring (bicyclic) bond motifs is 1. The molecule has 1 aromatic heterocycles. The quantitative estimate of drug-likeness (QED) is 0.519. The zero-order valence-electron chi connectivity index (χ0n) is 12.6. The summed E-state index contributed by atoms with van der Waals surface area (Å²) in [5.74, 6) is 0. The fourth-order valence-electron chi connectivity index (χ4n) is 2.72. The zero-order chi connectivity index (χ0) is 13.9. The first-order valence-corrected chi connectivity index (χ1v) is 7.20. The minimum absolute atomic E-state index is 0. The van der Waals surface area contributed by atoms with Crippen LogP contribution in [0.4, 0.5) is 5.69 Å². The Hall–Kier alpha value is -1.36. The summed E-state index contributed by atoms with van der Waals surface area (Å²) in [6.45, 7) is 1.17. The van der Waals surface area contributed by atoms with E-state index < -0.39 is 0 Å². The minimum atomic E-state index is 0. The smallest absolute Gasteiger partial charge is 0.169 e. The number of benzene rings is 1. The molecular weight excluding hydrogens is 371 g/mol. The lowest BCUT2D eigenvalue weighted by atomic mass is 9.99. The third-order valence-electron chi connectivity index (χ3n) is 3.93. The first-order chi connectivity index (χ1) is 9.72. The second-order valence-corrected chi connectivity index (χ2v) is 5.54. The maximum atomic E-state index is 2.35. The predicted molar refractivity (Wildman–Crippen MR) is 84.6 cm³/mol. The molecule has 0 N–H and O–H groups in total. The van der Waals surface area contributed by atoms with E-state index in [1.54, 1.807) is 0 Å². The van der Waals surface area contributed by atoms with Gasteiger partial charge in [-0.25, -0.2) is 4.57 Å². The molecule has 0 bridgehead atoms. The van der Waals surface area contributed by atoms with Crippen molar-refractivity contribution in [1.29, 1.82) is 0 Å². The SMILES string of the molecule is CN1CCCc2cc(/C=C/c3cc[n+](C)cc3)ccc21.[I-]. The largest absolute Gasteiger partial charge is 1.00 e. The third-order valence-corrected chi connectivity index (χ3v) is 3.93. The van der Waals surface area contributed by atoms with Gasteiger partial charge in [-0.1, -0.05) is 18.2 Å². The molecule has 1 aliphatic rings. The summed E-state index contributed by atoms with van der Waals surface area (Å²) in [6, 6.07) is 11.0. The molecule has 2 heterocycles. The molecule has 0 aliphatic carbocycles. The molecule has 110 valence electrons. The fraction of sp³-hybridized carbons (Fsp3) is 0.278. The minimum Gasteiger partial charge on any atom is -1.00 e. The van der Waals surface area contributed by atoms with Gasteiger partial charge in [0.2, 0.25) is 0 Å². The zero-order valence-corrected chi connectivity index (χ0v) is 14.7. The van der Waals surface area contributed by atoms with Crippen molar-refractivity contribution in [3.63, 3.8) is 0 Å². The highest BCUT2D eigenvalue weighted by molar-refractivity contribution is 5.71. The third kappa shape index (κ3) is 3.84. The molecule has 0 unspecified atom stereocenters. The van der Waals surface area contributed by atoms with Gasteiger partial charge in [0.25, 0.3) is 0 Å². The van der Waals surface area contributed by atoms with Crippen LogP contribution in [0.2, 0.25) is 0 Å². The van der Waals surface area contributed by atoms with Gasteiger partial charge in [-0.3, -0.25) is 0 Å². The molecule has 3 heteroatoms. The lowest BCUT2D eigenvalue weighted by Crippen LogP contribution is -3.00. The molecular formula is C18H21IN2. The summed E-state index contributed by atoms with van der Waals surface area (Å²) in [6.07, 6.45) is 11.0. The standard InChI is InChI=1S/C18H21N2.HI/c1-19-12-9-15(10-13-19)5-6-16-7-8-18-17(14-16)4-3-11-20(18)2;/h5-10,12-14H,3-4,11H2,1-2H3;1H/q+1;/p-1. The number of nitrogens with zero attached hydrogens (tertiary/aromatic N) is 2. The fourth-order valence-corrected chi connectivity index (χ4v) is 2.72. The van der Waals surface area contributed by atoms with Crippen LogP contribution in [0, 0.1) is 0 Å². The van der Waals surface area contributed by atoms with Crippen molar-refractivity contribution in [2.45, 2.75) is 12.8 Å². The van der Waals surface area contributed by atoms with E-state index in [4.69, 9.17) is 0 Å². The van der Waals surface area contributed by atoms with E-state index in [1.165, 1.54) is 41.8 Å². The van der Waals surface area contributed by atoms with E-state index in [0.717, 1.165) is 0 Å². The second kappa shape index (κ2) is 7.07. The monoisotopic (exact) mass is 392 g/mol. The van der Waals surface area contributed by atoms with Gasteiger partial charge in [-0.2, -0.15) is 0 Å². The number of aryl methyl sites for hydroxylation is 2. The van der Waals surface area contributed by atoms with Crippen LogP contribution in [-0.4, -0.2) is 13.6 Å². The highest BCUT2D eigenvalue weighted by atomic mass is 127. The van der Waals surface area contributed by atoms with Gasteiger partial charge in [0.05, 0.1) is 0 Å². The van der Waals surface area contributed by atoms with Crippen molar-refractivity contribution < 1.29 is 28.5 Å². The van der Waals surface area contributed by atoms with E-state index in [9.17, 15) is 0 Å². The number of anilines is 1. The van der Waals surface area contributed by atoms with Gasteiger partial charge < -0.3 is 28.9 Å². The van der Waals surface area contributed by atoms with Gasteiger partial charge in [0.15, 0.2) is 12.4 Å². The van der Waals surface area contributed by atoms with Crippen molar-refractivity contribution in [2.75, 3.05) is 18.5 Å². The lowest BCUT2D eigenvalue weighted by molar-refractivity contribution is -0.671. The van der Waals surface area contributed by atoms with Crippen molar-refractivity contribution in [2.24, 2.45) is 7.05 Å². The average molecular weight is 392 g/mol. The highest BCUT2D eigenvalue weighted by Crippen LogP contribution is 2.27. The van der Waals surface area contributed by atoms with Crippen molar-refractivity contribution in [1.82, 2.24) is 0 Å². The lowest BCUT2D eigenvalue weighted by Gasteiger charge is -2.27. The number of pyridine rings is 1. The molecule has 21 heavy (non-hydrogen) atoms. The maximum Gasteiger partial charge on any atom is 0.169 e. The Morgan fingerprint density at radius 2 is 1.76 bits per heavy atom. The molecule has 1 aromatic carbocycles. The van der Waals surface area contributed by atoms with Crippen LogP contribution in [0.15, 0.2) is 42.7 Å². The van der Waals surface area contributed by atoms with Crippen LogP contribution in [-0.2, 0) is 13.5 Å². The van der Waals surface area contributed by atoms with Crippen LogP contribution in [0.1, 0.15) is 23.1 Å². The molecule has 0 spiro atoms. The number of aromatic nitrogens is 1. The molecule has 0 saturated carbocycles. The normalized spacial score (nSPS) is 13.9. The first-order valence-electron chi connectivity index (χ1n) is 7.20. The number of rotatable bonds is 2. The van der Waals surface area contributed by atoms with Crippen LogP contribution in [0.25, 0.3) is 12.2 Å². The number of hydrogen-bond donors (Lipinski definition) is 0. The Bertz CT molecular complexity index is 632. The van der Waals surface area contributed by atoms with Crippen molar-refractivity contribution in [3.05, 3.63) is 59.4 Å². The van der Waals surface area contributed by atoms with Gasteiger partial charge in [0.1, 0.15) is 7.05 Å². The molecule has 2 nitrogen and oxygen atoms in total. The van der Waals surface area contributed by atoms with Crippen LogP contribution in [0.5, 0.6) is 0 Å². The summed E-state index contributed by atoms with van der Waals surface area (Å²) >= 11 is 0. The molecule has 0 atom stereocenters. The van der Waals surface area contributed by atoms with Gasteiger partial charge in [-0.05, 0) is 41.7 Å². The topological polar surface area (TPSA) is 7.12 Å². The van der Waals surface area contributed by atoms with Crippen molar-refractivity contribution >= 4 is 17.8 Å². The summed E-state index contributed by atoms with van der Waals surface area (Å²) < 4.78 is 2.05. The Morgan fingerprint density at radius 3 is 2.52 bits per heavy atom. The highest BCUT2D eigenvalue weighted by Gasteiger charge is 2.12. The van der Waals surface area contributed by atoms with E-state index in [2.05, 4.69) is 66.8 Å². The summed E-state index contributed by atoms with van der Waals surface area (Å²) in [7, 11) is 4.21. The van der Waals surface area contributed by atoms with Gasteiger partial charge >= 0.3 is 0 Å². The molecule has 0 fully saturated rings. The maximum absolute atomic E-state index is 2.35. The summed E-state index contributed by atoms with van der Waals surface area (Å²) in [5.41, 5.74) is 5.38.